The lowest BCUT2D eigenvalue weighted by Crippen LogP contribution is -2.66. The van der Waals surface area contributed by atoms with Gasteiger partial charge in [-0.2, -0.15) is 0 Å². The molecule has 0 spiro atoms. The van der Waals surface area contributed by atoms with E-state index in [1.54, 1.807) is 0 Å². The molecule has 2 heteroatoms. The Kier molecular flexibility index (Phi) is 4.11. The normalized spacial score (nSPS) is 16.4. The van der Waals surface area contributed by atoms with Crippen LogP contribution in [0.5, 0.6) is 0 Å². The Hall–Kier alpha value is -3.65. The van der Waals surface area contributed by atoms with Crippen molar-refractivity contribution in [2.75, 3.05) is 0 Å². The zero-order valence-electron chi connectivity index (χ0n) is 20.8. The van der Waals surface area contributed by atoms with Gasteiger partial charge in [0.1, 0.15) is 0 Å². The first-order valence-electron chi connectivity index (χ1n) is 12.6. The van der Waals surface area contributed by atoms with E-state index >= 15 is 0 Å². The summed E-state index contributed by atoms with van der Waals surface area (Å²) in [4.78, 5) is 5.09. The van der Waals surface area contributed by atoms with Gasteiger partial charge in [-0.05, 0) is 46.5 Å². The summed E-state index contributed by atoms with van der Waals surface area (Å²) < 4.78 is 0. The molecular formula is C33H28BN. The molecule has 3 heterocycles. The monoisotopic (exact) mass is 449 g/mol. The van der Waals surface area contributed by atoms with Crippen LogP contribution in [0, 0.1) is 0 Å². The summed E-state index contributed by atoms with van der Waals surface area (Å²) in [6, 6.07) is 35.8. The maximum absolute atomic E-state index is 5.09. The Balaban J connectivity index is 1.58. The van der Waals surface area contributed by atoms with E-state index in [4.69, 9.17) is 4.98 Å². The highest BCUT2D eigenvalue weighted by Gasteiger charge is 2.48. The third-order valence-corrected chi connectivity index (χ3v) is 8.60. The van der Waals surface area contributed by atoms with Gasteiger partial charge in [0, 0.05) is 21.8 Å². The van der Waals surface area contributed by atoms with Crippen molar-refractivity contribution < 1.29 is 0 Å². The highest BCUT2D eigenvalue weighted by Crippen LogP contribution is 2.42. The smallest absolute Gasteiger partial charge is 0.242 e. The average Bonchev–Trinajstić information content (AvgIpc) is 2.88. The van der Waals surface area contributed by atoms with E-state index in [2.05, 4.69) is 125 Å². The minimum absolute atomic E-state index is 0.0909. The van der Waals surface area contributed by atoms with Crippen LogP contribution in [0.1, 0.15) is 49.9 Å². The van der Waals surface area contributed by atoms with Crippen molar-refractivity contribution in [3.05, 3.63) is 119 Å². The summed E-state index contributed by atoms with van der Waals surface area (Å²) in [7, 11) is 0. The molecule has 0 fully saturated rings. The summed E-state index contributed by atoms with van der Waals surface area (Å²) in [6.07, 6.45) is 0. The van der Waals surface area contributed by atoms with Gasteiger partial charge in [0.05, 0.1) is 11.2 Å². The summed E-state index contributed by atoms with van der Waals surface area (Å²) in [5, 5.41) is 1.18. The zero-order chi connectivity index (χ0) is 23.9. The SMILES string of the molecule is CC1(C)c2ccccc2B2c3ccccc3C(C)(C)c3cc(-c4ccc5ccccc5n4)cc1c32. The predicted molar refractivity (Wildman–Crippen MR) is 149 cm³/mol. The van der Waals surface area contributed by atoms with E-state index in [0.29, 0.717) is 0 Å². The van der Waals surface area contributed by atoms with E-state index < -0.39 is 0 Å². The maximum Gasteiger partial charge on any atom is 0.242 e. The second-order valence-corrected chi connectivity index (χ2v) is 11.2. The molecule has 0 bridgehead atoms. The molecule has 0 N–H and O–H groups in total. The van der Waals surface area contributed by atoms with Crippen molar-refractivity contribution in [1.29, 1.82) is 0 Å². The molecule has 35 heavy (non-hydrogen) atoms. The fraction of sp³-hybridized carbons (Fsp3) is 0.182. The van der Waals surface area contributed by atoms with Gasteiger partial charge in [-0.15, -0.1) is 0 Å². The van der Waals surface area contributed by atoms with Gasteiger partial charge in [-0.25, -0.2) is 4.98 Å². The molecule has 0 atom stereocenters. The molecule has 0 unspecified atom stereocenters. The number of hydrogen-bond acceptors (Lipinski definition) is 1. The van der Waals surface area contributed by atoms with Gasteiger partial charge in [0.2, 0.25) is 6.71 Å². The Morgan fingerprint density at radius 3 is 1.74 bits per heavy atom. The number of hydrogen-bond donors (Lipinski definition) is 0. The number of rotatable bonds is 1. The Bertz CT molecular complexity index is 1580. The lowest BCUT2D eigenvalue weighted by atomic mass is 9.27. The first-order valence-corrected chi connectivity index (χ1v) is 12.6. The van der Waals surface area contributed by atoms with Crippen molar-refractivity contribution in [3.8, 4) is 11.3 Å². The molecule has 2 aliphatic rings. The Labute approximate surface area is 208 Å². The van der Waals surface area contributed by atoms with Crippen molar-refractivity contribution >= 4 is 34.0 Å². The minimum Gasteiger partial charge on any atom is -0.248 e. The van der Waals surface area contributed by atoms with Crippen LogP contribution in [0.4, 0.5) is 0 Å². The quantitative estimate of drug-likeness (QED) is 0.300. The largest absolute Gasteiger partial charge is 0.248 e. The van der Waals surface area contributed by atoms with E-state index in [-0.39, 0.29) is 17.5 Å². The number of benzene rings is 4. The average molecular weight is 449 g/mol. The second-order valence-electron chi connectivity index (χ2n) is 11.2. The lowest BCUT2D eigenvalue weighted by molar-refractivity contribution is 0.622. The molecule has 5 aromatic rings. The summed E-state index contributed by atoms with van der Waals surface area (Å²) >= 11 is 0. The molecule has 168 valence electrons. The fourth-order valence-electron chi connectivity index (χ4n) is 6.78. The fourth-order valence-corrected chi connectivity index (χ4v) is 6.78. The van der Waals surface area contributed by atoms with Crippen LogP contribution in [0.15, 0.2) is 97.1 Å². The first kappa shape index (κ1) is 20.7. The van der Waals surface area contributed by atoms with Gasteiger partial charge in [0.25, 0.3) is 0 Å². The first-order chi connectivity index (χ1) is 16.9. The van der Waals surface area contributed by atoms with Gasteiger partial charge < -0.3 is 0 Å². The highest BCUT2D eigenvalue weighted by molar-refractivity contribution is 6.97. The van der Waals surface area contributed by atoms with Crippen LogP contribution in [-0.4, -0.2) is 11.7 Å². The van der Waals surface area contributed by atoms with Gasteiger partial charge >= 0.3 is 0 Å². The van der Waals surface area contributed by atoms with Crippen molar-refractivity contribution in [2.45, 2.75) is 38.5 Å². The standard InChI is InChI=1S/C33H28BN/c1-32(2)23-12-6-8-14-27(23)34-28-15-9-7-13-24(28)33(3,4)26-20-22(19-25(32)31(26)34)30-18-17-21-11-5-10-16-29(21)35-30/h5-20H,1-4H3. The van der Waals surface area contributed by atoms with Crippen LogP contribution >= 0.6 is 0 Å². The highest BCUT2D eigenvalue weighted by atomic mass is 14.7. The van der Waals surface area contributed by atoms with Crippen molar-refractivity contribution in [1.82, 2.24) is 4.98 Å². The zero-order valence-corrected chi connectivity index (χ0v) is 20.8. The number of aromatic nitrogens is 1. The Morgan fingerprint density at radius 1 is 0.571 bits per heavy atom. The molecule has 4 aromatic carbocycles. The molecule has 0 saturated carbocycles. The molecule has 0 aliphatic carbocycles. The Morgan fingerprint density at radius 2 is 1.11 bits per heavy atom. The van der Waals surface area contributed by atoms with Crippen molar-refractivity contribution in [2.24, 2.45) is 0 Å². The topological polar surface area (TPSA) is 12.9 Å². The molecule has 0 radical (unpaired) electrons. The van der Waals surface area contributed by atoms with Gasteiger partial charge in [-0.1, -0.05) is 117 Å². The molecule has 1 aromatic heterocycles. The second kappa shape index (κ2) is 6.95. The van der Waals surface area contributed by atoms with Gasteiger partial charge in [0.15, 0.2) is 0 Å². The number of nitrogens with zero attached hydrogens (tertiary/aromatic N) is 1. The summed E-state index contributed by atoms with van der Waals surface area (Å²) in [5.74, 6) is 0. The van der Waals surface area contributed by atoms with Crippen LogP contribution in [0.3, 0.4) is 0 Å². The number of fused-ring (bicyclic) bond motifs is 5. The molecule has 0 amide bonds. The summed E-state index contributed by atoms with van der Waals surface area (Å²) in [6.45, 7) is 9.84. The number of para-hydroxylation sites is 1. The molecule has 0 saturated heterocycles. The van der Waals surface area contributed by atoms with Crippen LogP contribution < -0.4 is 16.4 Å². The molecule has 1 nitrogen and oxygen atoms in total. The van der Waals surface area contributed by atoms with Gasteiger partial charge in [-0.3, -0.25) is 0 Å². The lowest BCUT2D eigenvalue weighted by Gasteiger charge is -2.46. The van der Waals surface area contributed by atoms with E-state index in [1.165, 1.54) is 49.6 Å². The molecule has 2 aliphatic heterocycles. The van der Waals surface area contributed by atoms with E-state index in [9.17, 15) is 0 Å². The van der Waals surface area contributed by atoms with E-state index in [0.717, 1.165) is 11.2 Å². The van der Waals surface area contributed by atoms with E-state index in [1.807, 2.05) is 0 Å². The third kappa shape index (κ3) is 2.74. The van der Waals surface area contributed by atoms with Crippen LogP contribution in [-0.2, 0) is 10.8 Å². The maximum atomic E-state index is 5.09. The van der Waals surface area contributed by atoms with Crippen LogP contribution in [0.25, 0.3) is 22.2 Å². The summed E-state index contributed by atoms with van der Waals surface area (Å²) in [5.41, 5.74) is 13.3. The van der Waals surface area contributed by atoms with Crippen LogP contribution in [0.2, 0.25) is 0 Å². The minimum atomic E-state index is -0.0909. The molecule has 7 rings (SSSR count). The van der Waals surface area contributed by atoms with Crippen molar-refractivity contribution in [3.63, 3.8) is 0 Å². The number of pyridine rings is 1. The predicted octanol–water partition coefficient (Wildman–Crippen LogP) is 5.70. The third-order valence-electron chi connectivity index (χ3n) is 8.60. The molecular weight excluding hydrogens is 421 g/mol.